The standard InChI is InChI=1S/C16H15N5O3/c1-2-23-12(22)8-5-9-21-11-7-4-3-6-10(11)13-16(21)18-15-14(17-13)19-24-20-15/h3-4,6-7H,2,5,8-9H2,1H3. The summed E-state index contributed by atoms with van der Waals surface area (Å²) in [4.78, 5) is 20.6. The van der Waals surface area contributed by atoms with Crippen molar-refractivity contribution in [2.24, 2.45) is 0 Å². The van der Waals surface area contributed by atoms with E-state index >= 15 is 0 Å². The van der Waals surface area contributed by atoms with Crippen LogP contribution in [0.1, 0.15) is 19.8 Å². The predicted octanol–water partition coefficient (Wildman–Crippen LogP) is 2.46. The van der Waals surface area contributed by atoms with Gasteiger partial charge in [-0.25, -0.2) is 14.6 Å². The van der Waals surface area contributed by atoms with Gasteiger partial charge >= 0.3 is 5.97 Å². The second-order valence-electron chi connectivity index (χ2n) is 5.38. The summed E-state index contributed by atoms with van der Waals surface area (Å²) in [6.45, 7) is 2.84. The third kappa shape index (κ3) is 2.36. The smallest absolute Gasteiger partial charge is 0.305 e. The fourth-order valence-corrected chi connectivity index (χ4v) is 2.86. The molecule has 122 valence electrons. The van der Waals surface area contributed by atoms with Crippen molar-refractivity contribution < 1.29 is 14.2 Å². The van der Waals surface area contributed by atoms with E-state index in [1.807, 2.05) is 28.8 Å². The molecule has 0 aliphatic carbocycles. The average molecular weight is 325 g/mol. The zero-order valence-corrected chi connectivity index (χ0v) is 13.1. The molecule has 4 rings (SSSR count). The topological polar surface area (TPSA) is 95.9 Å². The van der Waals surface area contributed by atoms with Crippen molar-refractivity contribution in [3.05, 3.63) is 24.3 Å². The Bertz CT molecular complexity index is 1040. The van der Waals surface area contributed by atoms with Crippen LogP contribution in [0.2, 0.25) is 0 Å². The Labute approximate surface area is 136 Å². The molecule has 0 fully saturated rings. The van der Waals surface area contributed by atoms with Crippen LogP contribution in [0.3, 0.4) is 0 Å². The number of carbonyl (C=O) groups excluding carboxylic acids is 1. The molecule has 0 bridgehead atoms. The minimum Gasteiger partial charge on any atom is -0.466 e. The number of rotatable bonds is 5. The van der Waals surface area contributed by atoms with Crippen molar-refractivity contribution in [3.63, 3.8) is 0 Å². The Balaban J connectivity index is 1.77. The molecule has 0 unspecified atom stereocenters. The first-order valence-corrected chi connectivity index (χ1v) is 7.81. The second kappa shape index (κ2) is 5.88. The van der Waals surface area contributed by atoms with E-state index in [0.29, 0.717) is 42.9 Å². The van der Waals surface area contributed by atoms with Crippen LogP contribution in [0.5, 0.6) is 0 Å². The Morgan fingerprint density at radius 2 is 2.00 bits per heavy atom. The Morgan fingerprint density at radius 3 is 2.83 bits per heavy atom. The maximum atomic E-state index is 11.5. The molecule has 8 heteroatoms. The molecular formula is C16H15N5O3. The van der Waals surface area contributed by atoms with Gasteiger partial charge < -0.3 is 9.30 Å². The first-order chi connectivity index (χ1) is 11.8. The molecule has 0 aliphatic heterocycles. The van der Waals surface area contributed by atoms with E-state index in [0.717, 1.165) is 16.4 Å². The van der Waals surface area contributed by atoms with Crippen molar-refractivity contribution in [2.45, 2.75) is 26.3 Å². The highest BCUT2D eigenvalue weighted by atomic mass is 16.6. The van der Waals surface area contributed by atoms with Gasteiger partial charge in [-0.15, -0.1) is 0 Å². The number of para-hydroxylation sites is 1. The van der Waals surface area contributed by atoms with E-state index in [1.54, 1.807) is 6.92 Å². The molecule has 4 aromatic rings. The van der Waals surface area contributed by atoms with Gasteiger partial charge in [-0.3, -0.25) is 4.79 Å². The maximum Gasteiger partial charge on any atom is 0.305 e. The van der Waals surface area contributed by atoms with Crippen LogP contribution in [-0.2, 0) is 16.1 Å². The molecule has 0 amide bonds. The molecule has 3 aromatic heterocycles. The lowest BCUT2D eigenvalue weighted by Gasteiger charge is -2.06. The lowest BCUT2D eigenvalue weighted by atomic mass is 10.2. The predicted molar refractivity (Wildman–Crippen MR) is 86.3 cm³/mol. The number of fused-ring (bicyclic) bond motifs is 4. The van der Waals surface area contributed by atoms with Crippen molar-refractivity contribution in [1.82, 2.24) is 24.8 Å². The third-order valence-corrected chi connectivity index (χ3v) is 3.87. The van der Waals surface area contributed by atoms with Crippen molar-refractivity contribution in [3.8, 4) is 0 Å². The number of carbonyl (C=O) groups is 1. The number of aryl methyl sites for hydroxylation is 1. The largest absolute Gasteiger partial charge is 0.466 e. The number of benzene rings is 1. The van der Waals surface area contributed by atoms with Crippen LogP contribution in [0, 0.1) is 0 Å². The van der Waals surface area contributed by atoms with Gasteiger partial charge in [-0.2, -0.15) is 0 Å². The van der Waals surface area contributed by atoms with Gasteiger partial charge in [0.1, 0.15) is 5.52 Å². The number of esters is 1. The average Bonchev–Trinajstić information content (AvgIpc) is 3.16. The van der Waals surface area contributed by atoms with E-state index in [2.05, 4.69) is 20.3 Å². The normalized spacial score (nSPS) is 11.5. The molecule has 0 saturated heterocycles. The summed E-state index contributed by atoms with van der Waals surface area (Å²) in [5, 5.41) is 8.51. The summed E-state index contributed by atoms with van der Waals surface area (Å²) >= 11 is 0. The minimum absolute atomic E-state index is 0.188. The quantitative estimate of drug-likeness (QED) is 0.520. The van der Waals surface area contributed by atoms with Crippen LogP contribution in [0.25, 0.3) is 33.4 Å². The Hall–Kier alpha value is -3.03. The zero-order chi connectivity index (χ0) is 16.5. The monoisotopic (exact) mass is 325 g/mol. The molecule has 1 aromatic carbocycles. The van der Waals surface area contributed by atoms with Gasteiger partial charge in [0.05, 0.1) is 12.1 Å². The molecule has 8 nitrogen and oxygen atoms in total. The van der Waals surface area contributed by atoms with Gasteiger partial charge in [-0.1, -0.05) is 18.2 Å². The highest BCUT2D eigenvalue weighted by molar-refractivity contribution is 6.05. The Kier molecular flexibility index (Phi) is 3.56. The first kappa shape index (κ1) is 14.6. The molecule has 0 saturated carbocycles. The van der Waals surface area contributed by atoms with Crippen LogP contribution >= 0.6 is 0 Å². The van der Waals surface area contributed by atoms with Gasteiger partial charge in [0.15, 0.2) is 5.65 Å². The van der Waals surface area contributed by atoms with E-state index in [9.17, 15) is 4.79 Å². The lowest BCUT2D eigenvalue weighted by molar-refractivity contribution is -0.143. The zero-order valence-electron chi connectivity index (χ0n) is 13.1. The van der Waals surface area contributed by atoms with E-state index in [4.69, 9.17) is 9.37 Å². The number of nitrogens with zero attached hydrogens (tertiary/aromatic N) is 5. The molecule has 3 heterocycles. The van der Waals surface area contributed by atoms with Crippen molar-refractivity contribution in [1.29, 1.82) is 0 Å². The molecule has 0 aliphatic rings. The highest BCUT2D eigenvalue weighted by Crippen LogP contribution is 2.27. The third-order valence-electron chi connectivity index (χ3n) is 3.87. The summed E-state index contributed by atoms with van der Waals surface area (Å²) in [6, 6.07) is 7.93. The van der Waals surface area contributed by atoms with Gasteiger partial charge in [-0.05, 0) is 29.7 Å². The fraction of sp³-hybridized carbons (Fsp3) is 0.312. The van der Waals surface area contributed by atoms with Gasteiger partial charge in [0.2, 0.25) is 11.3 Å². The van der Waals surface area contributed by atoms with Gasteiger partial charge in [0.25, 0.3) is 0 Å². The summed E-state index contributed by atoms with van der Waals surface area (Å²) < 4.78 is 11.7. The summed E-state index contributed by atoms with van der Waals surface area (Å²) in [5.41, 5.74) is 3.24. The lowest BCUT2D eigenvalue weighted by Crippen LogP contribution is -2.06. The first-order valence-electron chi connectivity index (χ1n) is 7.81. The SMILES string of the molecule is CCOC(=O)CCCn1c2ccccc2c2nc3nonc3nc21. The second-order valence-corrected chi connectivity index (χ2v) is 5.38. The number of hydrogen-bond donors (Lipinski definition) is 0. The maximum absolute atomic E-state index is 11.5. The molecular weight excluding hydrogens is 310 g/mol. The van der Waals surface area contributed by atoms with Crippen LogP contribution in [0.4, 0.5) is 0 Å². The number of ether oxygens (including phenoxy) is 1. The molecule has 0 N–H and O–H groups in total. The van der Waals surface area contributed by atoms with E-state index in [-0.39, 0.29) is 5.97 Å². The summed E-state index contributed by atoms with van der Waals surface area (Å²) in [6.07, 6.45) is 1.02. The highest BCUT2D eigenvalue weighted by Gasteiger charge is 2.16. The van der Waals surface area contributed by atoms with Crippen molar-refractivity contribution >= 4 is 39.3 Å². The summed E-state index contributed by atoms with van der Waals surface area (Å²) in [7, 11) is 0. The molecule has 0 atom stereocenters. The molecule has 24 heavy (non-hydrogen) atoms. The van der Waals surface area contributed by atoms with E-state index < -0.39 is 0 Å². The number of aromatic nitrogens is 5. The molecule has 0 spiro atoms. The number of hydrogen-bond acceptors (Lipinski definition) is 7. The Morgan fingerprint density at radius 1 is 1.21 bits per heavy atom. The minimum atomic E-state index is -0.188. The van der Waals surface area contributed by atoms with Crippen LogP contribution in [0.15, 0.2) is 28.9 Å². The van der Waals surface area contributed by atoms with Gasteiger partial charge in [0, 0.05) is 18.4 Å². The molecule has 0 radical (unpaired) electrons. The van der Waals surface area contributed by atoms with Crippen LogP contribution < -0.4 is 0 Å². The summed E-state index contributed by atoms with van der Waals surface area (Å²) in [5.74, 6) is -0.188. The van der Waals surface area contributed by atoms with Crippen molar-refractivity contribution in [2.75, 3.05) is 6.61 Å². The fourth-order valence-electron chi connectivity index (χ4n) is 2.86. The van der Waals surface area contributed by atoms with Crippen LogP contribution in [-0.4, -0.2) is 37.4 Å². The van der Waals surface area contributed by atoms with E-state index in [1.165, 1.54) is 0 Å².